The topological polar surface area (TPSA) is 61.5 Å². The molecule has 0 amide bonds. The first-order valence-electron chi connectivity index (χ1n) is 6.42. The second kappa shape index (κ2) is 8.10. The lowest BCUT2D eigenvalue weighted by Gasteiger charge is -2.37. The van der Waals surface area contributed by atoms with E-state index >= 15 is 0 Å². The van der Waals surface area contributed by atoms with Crippen molar-refractivity contribution in [1.82, 2.24) is 10.2 Å². The predicted octanol–water partition coefficient (Wildman–Crippen LogP) is 2.64. The number of phenolic OH excluding ortho intramolecular Hbond substituents is 1. The first-order valence-corrected chi connectivity index (χ1v) is 6.42. The second-order valence-corrected chi connectivity index (χ2v) is 4.96. The van der Waals surface area contributed by atoms with Gasteiger partial charge in [-0.05, 0) is 18.6 Å². The van der Waals surface area contributed by atoms with Crippen LogP contribution in [0.4, 0.5) is 18.9 Å². The zero-order valence-electron chi connectivity index (χ0n) is 12.0. The van der Waals surface area contributed by atoms with Crippen molar-refractivity contribution in [3.05, 3.63) is 23.3 Å². The summed E-state index contributed by atoms with van der Waals surface area (Å²) in [6.07, 6.45) is -4.46. The lowest BCUT2D eigenvalue weighted by Crippen LogP contribution is -2.49. The molecule has 2 rings (SSSR count). The van der Waals surface area contributed by atoms with Gasteiger partial charge in [-0.3, -0.25) is 4.90 Å². The molecule has 4 N–H and O–H groups in total. The van der Waals surface area contributed by atoms with Crippen LogP contribution in [0.3, 0.4) is 0 Å². The Labute approximate surface area is 139 Å². The monoisotopic (exact) mass is 361 g/mol. The molecule has 0 bridgehead atoms. The number of rotatable bonds is 2. The van der Waals surface area contributed by atoms with E-state index in [2.05, 4.69) is 5.32 Å². The van der Waals surface area contributed by atoms with Gasteiger partial charge >= 0.3 is 6.18 Å². The van der Waals surface area contributed by atoms with Crippen molar-refractivity contribution < 1.29 is 18.3 Å². The first kappa shape index (κ1) is 21.1. The Morgan fingerprint density at radius 2 is 1.77 bits per heavy atom. The number of hydrogen-bond donors (Lipinski definition) is 3. The van der Waals surface area contributed by atoms with Crippen molar-refractivity contribution in [3.8, 4) is 5.75 Å². The number of hydrogen-bond acceptors (Lipinski definition) is 4. The summed E-state index contributed by atoms with van der Waals surface area (Å²) < 4.78 is 40.4. The van der Waals surface area contributed by atoms with Crippen LogP contribution in [0.15, 0.2) is 12.1 Å². The Balaban J connectivity index is 0.00000220. The van der Waals surface area contributed by atoms with Crippen molar-refractivity contribution in [1.29, 1.82) is 0 Å². The Morgan fingerprint density at radius 1 is 1.23 bits per heavy atom. The standard InChI is InChI=1S/C13H18F3N3O.2ClH/c1-8-2-3-9(17)11(20)10(8)12(13(14,15)16)19-6-4-18-5-7-19;;/h2-3,12,18,20H,4-7,17H2,1H3;2*1H/t12-;;/m0../s1. The van der Waals surface area contributed by atoms with Gasteiger partial charge in [0.05, 0.1) is 5.69 Å². The summed E-state index contributed by atoms with van der Waals surface area (Å²) in [5, 5.41) is 13.0. The molecule has 0 saturated carbocycles. The van der Waals surface area contributed by atoms with Crippen molar-refractivity contribution in [3.63, 3.8) is 0 Å². The van der Waals surface area contributed by atoms with E-state index in [0.717, 1.165) is 0 Å². The molecule has 0 spiro atoms. The van der Waals surface area contributed by atoms with Crippen LogP contribution in [-0.2, 0) is 0 Å². The normalized spacial score (nSPS) is 17.3. The lowest BCUT2D eigenvalue weighted by atomic mass is 9.96. The molecule has 1 atom stereocenters. The van der Waals surface area contributed by atoms with Gasteiger partial charge in [-0.2, -0.15) is 13.2 Å². The number of halogens is 5. The Hall–Kier alpha value is -0.890. The van der Waals surface area contributed by atoms with Gasteiger partial charge in [-0.15, -0.1) is 24.8 Å². The summed E-state index contributed by atoms with van der Waals surface area (Å²) >= 11 is 0. The van der Waals surface area contributed by atoms with E-state index in [9.17, 15) is 18.3 Å². The smallest absolute Gasteiger partial charge is 0.408 e. The average Bonchev–Trinajstić information content (AvgIpc) is 2.39. The number of nitrogens with two attached hydrogens (primary N) is 1. The zero-order valence-corrected chi connectivity index (χ0v) is 13.6. The largest absolute Gasteiger partial charge is 0.505 e. The molecule has 0 unspecified atom stereocenters. The molecule has 4 nitrogen and oxygen atoms in total. The van der Waals surface area contributed by atoms with Crippen molar-refractivity contribution >= 4 is 30.5 Å². The van der Waals surface area contributed by atoms with Crippen molar-refractivity contribution in [2.75, 3.05) is 31.9 Å². The van der Waals surface area contributed by atoms with Gasteiger partial charge in [0.25, 0.3) is 0 Å². The van der Waals surface area contributed by atoms with Gasteiger partial charge in [-0.1, -0.05) is 6.07 Å². The summed E-state index contributed by atoms with van der Waals surface area (Å²) in [5.41, 5.74) is 5.77. The molecule has 128 valence electrons. The van der Waals surface area contributed by atoms with Crippen LogP contribution < -0.4 is 11.1 Å². The Morgan fingerprint density at radius 3 is 2.27 bits per heavy atom. The molecule has 9 heteroatoms. The van der Waals surface area contributed by atoms with E-state index in [1.807, 2.05) is 0 Å². The molecule has 1 aliphatic heterocycles. The molecule has 0 aliphatic carbocycles. The van der Waals surface area contributed by atoms with Crippen molar-refractivity contribution in [2.45, 2.75) is 19.1 Å². The Bertz CT molecular complexity index is 494. The molecule has 1 aliphatic rings. The molecule has 1 heterocycles. The van der Waals surface area contributed by atoms with E-state index in [0.29, 0.717) is 18.7 Å². The highest BCUT2D eigenvalue weighted by Crippen LogP contribution is 2.44. The molecule has 0 radical (unpaired) electrons. The molecule has 1 aromatic carbocycles. The predicted molar refractivity (Wildman–Crippen MR) is 85.0 cm³/mol. The maximum atomic E-state index is 13.5. The SMILES string of the molecule is Cc1ccc(N)c(O)c1[C@H](N1CCNCC1)C(F)(F)F.Cl.Cl. The number of anilines is 1. The lowest BCUT2D eigenvalue weighted by molar-refractivity contribution is -0.188. The molecule has 0 aromatic heterocycles. The van der Waals surface area contributed by atoms with Gasteiger partial charge < -0.3 is 16.2 Å². The third kappa shape index (κ3) is 4.32. The number of piperazine rings is 1. The van der Waals surface area contributed by atoms with Crippen LogP contribution in [0, 0.1) is 6.92 Å². The fourth-order valence-corrected chi connectivity index (χ4v) is 2.56. The van der Waals surface area contributed by atoms with Gasteiger partial charge in [0.1, 0.15) is 11.8 Å². The van der Waals surface area contributed by atoms with Crippen molar-refractivity contribution in [2.24, 2.45) is 0 Å². The summed E-state index contributed by atoms with van der Waals surface area (Å²) in [6, 6.07) is 1.10. The zero-order chi connectivity index (χ0) is 14.9. The number of phenols is 1. The van der Waals surface area contributed by atoms with Crippen LogP contribution in [0.1, 0.15) is 17.2 Å². The number of aromatic hydroxyl groups is 1. The van der Waals surface area contributed by atoms with Gasteiger partial charge in [-0.25, -0.2) is 0 Å². The maximum Gasteiger partial charge on any atom is 0.408 e. The Kier molecular flexibility index (Phi) is 7.77. The summed E-state index contributed by atoms with van der Waals surface area (Å²) in [6.45, 7) is 3.09. The molecule has 22 heavy (non-hydrogen) atoms. The van der Waals surface area contributed by atoms with Gasteiger partial charge in [0.2, 0.25) is 0 Å². The molecular formula is C13H20Cl2F3N3O. The number of nitrogen functional groups attached to an aromatic ring is 1. The van der Waals surface area contributed by atoms with E-state index in [1.54, 1.807) is 6.92 Å². The quantitative estimate of drug-likeness (QED) is 0.559. The van der Waals surface area contributed by atoms with E-state index < -0.39 is 18.0 Å². The molecular weight excluding hydrogens is 342 g/mol. The minimum atomic E-state index is -4.46. The van der Waals surface area contributed by atoms with Gasteiger partial charge in [0, 0.05) is 31.7 Å². The van der Waals surface area contributed by atoms with E-state index in [1.165, 1.54) is 17.0 Å². The maximum absolute atomic E-state index is 13.5. The number of benzene rings is 1. The molecule has 1 fully saturated rings. The summed E-state index contributed by atoms with van der Waals surface area (Å²) in [7, 11) is 0. The minimum absolute atomic E-state index is 0. The van der Waals surface area contributed by atoms with Crippen LogP contribution in [0.25, 0.3) is 0 Å². The number of aryl methyl sites for hydroxylation is 1. The fourth-order valence-electron chi connectivity index (χ4n) is 2.56. The highest BCUT2D eigenvalue weighted by atomic mass is 35.5. The highest BCUT2D eigenvalue weighted by Gasteiger charge is 2.47. The first-order chi connectivity index (χ1) is 9.32. The van der Waals surface area contributed by atoms with Gasteiger partial charge in [0.15, 0.2) is 0 Å². The number of nitrogens with zero attached hydrogens (tertiary/aromatic N) is 1. The van der Waals surface area contributed by atoms with E-state index in [-0.39, 0.29) is 49.2 Å². The third-order valence-electron chi connectivity index (χ3n) is 3.57. The highest BCUT2D eigenvalue weighted by molar-refractivity contribution is 5.85. The average molecular weight is 362 g/mol. The fraction of sp³-hybridized carbons (Fsp3) is 0.538. The summed E-state index contributed by atoms with van der Waals surface area (Å²) in [4.78, 5) is 1.33. The third-order valence-corrected chi connectivity index (χ3v) is 3.57. The summed E-state index contributed by atoms with van der Waals surface area (Å²) in [5.74, 6) is -0.467. The van der Waals surface area contributed by atoms with Crippen LogP contribution in [0.2, 0.25) is 0 Å². The molecule has 1 aromatic rings. The minimum Gasteiger partial charge on any atom is -0.505 e. The number of nitrogens with one attached hydrogen (secondary N) is 1. The second-order valence-electron chi connectivity index (χ2n) is 4.96. The van der Waals surface area contributed by atoms with Crippen LogP contribution >= 0.6 is 24.8 Å². The van der Waals surface area contributed by atoms with Crippen LogP contribution in [0.5, 0.6) is 5.75 Å². The van der Waals surface area contributed by atoms with E-state index in [4.69, 9.17) is 5.73 Å². The van der Waals surface area contributed by atoms with Crippen LogP contribution in [-0.4, -0.2) is 42.4 Å². The number of alkyl halides is 3. The molecule has 1 saturated heterocycles.